The zero-order chi connectivity index (χ0) is 20.2. The Morgan fingerprint density at radius 2 is 1.96 bits per heavy atom. The summed E-state index contributed by atoms with van der Waals surface area (Å²) in [5.74, 6) is -0.534. The molecule has 0 aliphatic heterocycles. The third kappa shape index (κ3) is 4.83. The van der Waals surface area contributed by atoms with E-state index in [1.165, 1.54) is 20.2 Å². The van der Waals surface area contributed by atoms with Gasteiger partial charge in [-0.15, -0.1) is 0 Å². The van der Waals surface area contributed by atoms with E-state index >= 15 is 0 Å². The molecule has 0 saturated heterocycles. The molecule has 1 aromatic heterocycles. The molecule has 0 aliphatic rings. The molecule has 9 nitrogen and oxygen atoms in total. The quantitative estimate of drug-likeness (QED) is 0.647. The number of nitrogens with zero attached hydrogens (tertiary/aromatic N) is 3. The lowest BCUT2D eigenvalue weighted by Gasteiger charge is -2.11. The minimum Gasteiger partial charge on any atom is -0.481 e. The van der Waals surface area contributed by atoms with Crippen LogP contribution in [0.25, 0.3) is 11.0 Å². The monoisotopic (exact) mass is 396 g/mol. The van der Waals surface area contributed by atoms with E-state index in [2.05, 4.69) is 10.3 Å². The number of rotatable bonds is 9. The maximum Gasteiger partial charge on any atom is 0.305 e. The van der Waals surface area contributed by atoms with Crippen molar-refractivity contribution < 1.29 is 23.1 Å². The smallest absolute Gasteiger partial charge is 0.305 e. The zero-order valence-corrected chi connectivity index (χ0v) is 16.4. The number of hydrogen-bond acceptors (Lipinski definition) is 5. The average Bonchev–Trinajstić information content (AvgIpc) is 2.96. The molecule has 0 fully saturated rings. The molecule has 0 bridgehead atoms. The van der Waals surface area contributed by atoms with Gasteiger partial charge in [0.25, 0.3) is 0 Å². The van der Waals surface area contributed by atoms with Gasteiger partial charge in [0.15, 0.2) is 0 Å². The highest BCUT2D eigenvalue weighted by Gasteiger charge is 2.19. The second-order valence-electron chi connectivity index (χ2n) is 6.20. The van der Waals surface area contributed by atoms with E-state index in [9.17, 15) is 18.0 Å². The van der Waals surface area contributed by atoms with Crippen LogP contribution in [0.4, 0.5) is 0 Å². The summed E-state index contributed by atoms with van der Waals surface area (Å²) >= 11 is 0. The molecule has 148 valence electrons. The van der Waals surface area contributed by atoms with Crippen molar-refractivity contribution in [3.63, 3.8) is 0 Å². The van der Waals surface area contributed by atoms with Gasteiger partial charge in [0.2, 0.25) is 15.9 Å². The number of nitrogens with one attached hydrogen (secondary N) is 1. The van der Waals surface area contributed by atoms with Gasteiger partial charge in [0, 0.05) is 40.0 Å². The average molecular weight is 396 g/mol. The normalized spacial score (nSPS) is 11.9. The first-order valence-corrected chi connectivity index (χ1v) is 10.0. The van der Waals surface area contributed by atoms with E-state index in [0.717, 1.165) is 9.82 Å². The number of aryl methyl sites for hydroxylation is 2. The number of carbonyl (C=O) groups excluding carboxylic acids is 1. The first-order chi connectivity index (χ1) is 12.7. The van der Waals surface area contributed by atoms with Crippen LogP contribution in [0, 0.1) is 0 Å². The predicted octanol–water partition coefficient (Wildman–Crippen LogP) is 0.830. The third-order valence-corrected chi connectivity index (χ3v) is 5.94. The van der Waals surface area contributed by atoms with Gasteiger partial charge in [-0.3, -0.25) is 9.59 Å². The molecule has 0 radical (unpaired) electrons. The van der Waals surface area contributed by atoms with Crippen LogP contribution < -0.4 is 5.32 Å². The van der Waals surface area contributed by atoms with Crippen molar-refractivity contribution in [2.75, 3.05) is 20.6 Å². The summed E-state index contributed by atoms with van der Waals surface area (Å²) in [6.45, 7) is 2.67. The Morgan fingerprint density at radius 1 is 1.26 bits per heavy atom. The van der Waals surface area contributed by atoms with Crippen LogP contribution in [0.5, 0.6) is 0 Å². The van der Waals surface area contributed by atoms with E-state index in [1.54, 1.807) is 12.1 Å². The highest BCUT2D eigenvalue weighted by molar-refractivity contribution is 7.89. The summed E-state index contributed by atoms with van der Waals surface area (Å²) < 4.78 is 27.7. The van der Waals surface area contributed by atoms with Crippen LogP contribution in [-0.4, -0.2) is 59.9 Å². The highest BCUT2D eigenvalue weighted by atomic mass is 32.2. The van der Waals surface area contributed by atoms with Crippen molar-refractivity contribution in [2.45, 2.75) is 37.6 Å². The number of benzene rings is 1. The standard InChI is InChI=1S/C17H24N4O5S/c1-4-21-14-6-5-12(27(25,26)20(2)3)11-13(14)19-15(21)7-8-16(22)18-10-9-17(23)24/h5-6,11H,4,7-10H2,1-3H3,(H,18,22)(H,23,24). The summed E-state index contributed by atoms with van der Waals surface area (Å²) in [7, 11) is -0.608. The Balaban J connectivity index is 2.20. The molecule has 10 heteroatoms. The Bertz CT molecular complexity index is 950. The lowest BCUT2D eigenvalue weighted by atomic mass is 10.2. The molecular formula is C17H24N4O5S. The molecule has 2 aromatic rings. The number of aromatic nitrogens is 2. The maximum atomic E-state index is 12.3. The van der Waals surface area contributed by atoms with Crippen LogP contribution in [0.2, 0.25) is 0 Å². The number of sulfonamides is 1. The first kappa shape index (κ1) is 20.8. The fourth-order valence-corrected chi connectivity index (χ4v) is 3.62. The Kier molecular flexibility index (Phi) is 6.55. The molecular weight excluding hydrogens is 372 g/mol. The number of hydrogen-bond donors (Lipinski definition) is 2. The van der Waals surface area contributed by atoms with Gasteiger partial charge in [-0.25, -0.2) is 17.7 Å². The van der Waals surface area contributed by atoms with E-state index in [0.29, 0.717) is 24.3 Å². The van der Waals surface area contributed by atoms with Gasteiger partial charge in [0.05, 0.1) is 22.3 Å². The summed E-state index contributed by atoms with van der Waals surface area (Å²) in [5.41, 5.74) is 1.36. The molecule has 0 atom stereocenters. The van der Waals surface area contributed by atoms with E-state index in [-0.39, 0.29) is 30.2 Å². The molecule has 1 aromatic carbocycles. The lowest BCUT2D eigenvalue weighted by molar-refractivity contribution is -0.136. The third-order valence-electron chi connectivity index (χ3n) is 4.13. The molecule has 2 N–H and O–H groups in total. The second-order valence-corrected chi connectivity index (χ2v) is 8.36. The lowest BCUT2D eigenvalue weighted by Crippen LogP contribution is -2.26. The van der Waals surface area contributed by atoms with Crippen LogP contribution >= 0.6 is 0 Å². The van der Waals surface area contributed by atoms with E-state index in [1.807, 2.05) is 11.5 Å². The number of amides is 1. The van der Waals surface area contributed by atoms with Crippen molar-refractivity contribution in [1.29, 1.82) is 0 Å². The number of fused-ring (bicyclic) bond motifs is 1. The molecule has 1 heterocycles. The molecule has 1 amide bonds. The van der Waals surface area contributed by atoms with Gasteiger partial charge in [-0.2, -0.15) is 0 Å². The first-order valence-electron chi connectivity index (χ1n) is 8.57. The van der Waals surface area contributed by atoms with Crippen LogP contribution in [0.1, 0.15) is 25.6 Å². The summed E-state index contributed by atoms with van der Waals surface area (Å²) in [6.07, 6.45) is 0.422. The van der Waals surface area contributed by atoms with Crippen molar-refractivity contribution in [2.24, 2.45) is 0 Å². The van der Waals surface area contributed by atoms with Crippen molar-refractivity contribution >= 4 is 32.9 Å². The van der Waals surface area contributed by atoms with Gasteiger partial charge < -0.3 is 15.0 Å². The maximum absolute atomic E-state index is 12.3. The number of aliphatic carboxylic acids is 1. The van der Waals surface area contributed by atoms with E-state index < -0.39 is 16.0 Å². The summed E-state index contributed by atoms with van der Waals surface area (Å²) in [4.78, 5) is 27.0. The zero-order valence-electron chi connectivity index (χ0n) is 15.6. The minimum absolute atomic E-state index is 0.0874. The molecule has 27 heavy (non-hydrogen) atoms. The topological polar surface area (TPSA) is 122 Å². The fraction of sp³-hybridized carbons (Fsp3) is 0.471. The largest absolute Gasteiger partial charge is 0.481 e. The van der Waals surface area contributed by atoms with Crippen molar-refractivity contribution in [3.05, 3.63) is 24.0 Å². The van der Waals surface area contributed by atoms with Gasteiger partial charge in [0.1, 0.15) is 5.82 Å². The predicted molar refractivity (Wildman–Crippen MR) is 99.9 cm³/mol. The Labute approximate surface area is 158 Å². The minimum atomic E-state index is -3.55. The van der Waals surface area contributed by atoms with Crippen molar-refractivity contribution in [1.82, 2.24) is 19.2 Å². The molecule has 0 unspecified atom stereocenters. The number of carboxylic acid groups (broad SMARTS) is 1. The van der Waals surface area contributed by atoms with Crippen LogP contribution in [0.3, 0.4) is 0 Å². The van der Waals surface area contributed by atoms with Gasteiger partial charge in [-0.05, 0) is 25.1 Å². The number of carboxylic acids is 1. The molecule has 0 aliphatic carbocycles. The van der Waals surface area contributed by atoms with Gasteiger partial charge >= 0.3 is 5.97 Å². The SMILES string of the molecule is CCn1c(CCC(=O)NCCC(=O)O)nc2cc(S(=O)(=O)N(C)C)ccc21. The molecule has 2 rings (SSSR count). The van der Waals surface area contributed by atoms with E-state index in [4.69, 9.17) is 5.11 Å². The molecule has 0 spiro atoms. The highest BCUT2D eigenvalue weighted by Crippen LogP contribution is 2.22. The fourth-order valence-electron chi connectivity index (χ4n) is 2.70. The summed E-state index contributed by atoms with van der Waals surface area (Å²) in [6, 6.07) is 4.81. The second kappa shape index (κ2) is 8.49. The van der Waals surface area contributed by atoms with Crippen LogP contribution in [0.15, 0.2) is 23.1 Å². The number of carbonyl (C=O) groups is 2. The Morgan fingerprint density at radius 3 is 2.56 bits per heavy atom. The molecule has 0 saturated carbocycles. The van der Waals surface area contributed by atoms with Crippen LogP contribution in [-0.2, 0) is 32.6 Å². The summed E-state index contributed by atoms with van der Waals surface area (Å²) in [5, 5.41) is 11.1. The van der Waals surface area contributed by atoms with Crippen molar-refractivity contribution in [3.8, 4) is 0 Å². The number of imidazole rings is 1. The van der Waals surface area contributed by atoms with Gasteiger partial charge in [-0.1, -0.05) is 0 Å². The Hall–Kier alpha value is -2.46.